The molecule has 3 aromatic rings. The average Bonchev–Trinajstić information content (AvgIpc) is 3.05. The van der Waals surface area contributed by atoms with E-state index in [4.69, 9.17) is 0 Å². The van der Waals surface area contributed by atoms with Gasteiger partial charge in [0, 0.05) is 29.6 Å². The van der Waals surface area contributed by atoms with Crippen LogP contribution in [0.3, 0.4) is 0 Å². The Bertz CT molecular complexity index is 974. The first kappa shape index (κ1) is 18.0. The molecule has 0 spiro atoms. The summed E-state index contributed by atoms with van der Waals surface area (Å²) in [4.78, 5) is 16.0. The number of non-ortho nitro benzene ring substituents is 1. The molecule has 1 heterocycles. The number of nitro groups is 1. The number of aliphatic hydroxyl groups excluding tert-OH is 1. The maximum Gasteiger partial charge on any atom is 0.270 e. The van der Waals surface area contributed by atoms with E-state index in [1.54, 1.807) is 6.07 Å². The van der Waals surface area contributed by atoms with Crippen molar-refractivity contribution in [2.24, 2.45) is 4.99 Å². The second-order valence-corrected chi connectivity index (χ2v) is 6.55. The molecule has 6 nitrogen and oxygen atoms in total. The number of hydrogen-bond acceptors (Lipinski definition) is 5. The van der Waals surface area contributed by atoms with Gasteiger partial charge in [-0.2, -0.15) is 0 Å². The highest BCUT2D eigenvalue weighted by atomic mass is 32.1. The van der Waals surface area contributed by atoms with Crippen LogP contribution >= 0.6 is 11.3 Å². The number of benzene rings is 2. The summed E-state index contributed by atoms with van der Waals surface area (Å²) in [6, 6.07) is 14.5. The Labute approximate surface area is 154 Å². The molecule has 134 valence electrons. The van der Waals surface area contributed by atoms with Crippen LogP contribution in [-0.4, -0.2) is 21.2 Å². The molecule has 0 unspecified atom stereocenters. The monoisotopic (exact) mass is 369 g/mol. The Morgan fingerprint density at radius 1 is 1.23 bits per heavy atom. The summed E-state index contributed by atoms with van der Waals surface area (Å²) in [6.07, 6.45) is 0.973. The van der Waals surface area contributed by atoms with Crippen LogP contribution in [0.25, 0.3) is 11.3 Å². The minimum atomic E-state index is -0.410. The van der Waals surface area contributed by atoms with Gasteiger partial charge in [0.15, 0.2) is 4.80 Å². The van der Waals surface area contributed by atoms with Gasteiger partial charge in [-0.1, -0.05) is 31.2 Å². The van der Waals surface area contributed by atoms with Crippen molar-refractivity contribution >= 4 is 22.7 Å². The fraction of sp³-hybridized carbons (Fsp3) is 0.211. The smallest absolute Gasteiger partial charge is 0.270 e. The maximum absolute atomic E-state index is 11.0. The molecule has 0 saturated heterocycles. The number of aromatic nitrogens is 1. The molecule has 1 N–H and O–H groups in total. The van der Waals surface area contributed by atoms with Crippen molar-refractivity contribution in [1.82, 2.24) is 4.57 Å². The Morgan fingerprint density at radius 3 is 2.65 bits per heavy atom. The van der Waals surface area contributed by atoms with Crippen LogP contribution in [-0.2, 0) is 13.0 Å². The molecule has 7 heteroatoms. The number of aryl methyl sites for hydroxylation is 1. The van der Waals surface area contributed by atoms with Crippen molar-refractivity contribution in [3.05, 3.63) is 74.4 Å². The highest BCUT2D eigenvalue weighted by Gasteiger charge is 2.12. The molecule has 0 atom stereocenters. The van der Waals surface area contributed by atoms with E-state index < -0.39 is 4.92 Å². The zero-order valence-electron chi connectivity index (χ0n) is 14.3. The molecule has 0 radical (unpaired) electrons. The van der Waals surface area contributed by atoms with Crippen LogP contribution in [0.2, 0.25) is 0 Å². The molecular weight excluding hydrogens is 350 g/mol. The van der Waals surface area contributed by atoms with Crippen molar-refractivity contribution in [2.75, 3.05) is 6.61 Å². The first-order valence-corrected chi connectivity index (χ1v) is 9.18. The van der Waals surface area contributed by atoms with Gasteiger partial charge in [0.2, 0.25) is 0 Å². The fourth-order valence-electron chi connectivity index (χ4n) is 2.66. The molecule has 0 aliphatic carbocycles. The lowest BCUT2D eigenvalue weighted by Crippen LogP contribution is -2.17. The van der Waals surface area contributed by atoms with Gasteiger partial charge < -0.3 is 9.67 Å². The summed E-state index contributed by atoms with van der Waals surface area (Å²) >= 11 is 1.45. The lowest BCUT2D eigenvalue weighted by Gasteiger charge is -2.07. The number of rotatable bonds is 6. The number of thiazole rings is 1. The van der Waals surface area contributed by atoms with Crippen LogP contribution < -0.4 is 4.80 Å². The van der Waals surface area contributed by atoms with E-state index in [0.29, 0.717) is 6.54 Å². The molecule has 0 aliphatic rings. The summed E-state index contributed by atoms with van der Waals surface area (Å²) in [5.41, 5.74) is 3.65. The third-order valence-corrected chi connectivity index (χ3v) is 4.91. The Balaban J connectivity index is 2.07. The molecule has 0 bridgehead atoms. The van der Waals surface area contributed by atoms with Gasteiger partial charge in [0.05, 0.1) is 22.9 Å². The number of hydrogen-bond donors (Lipinski definition) is 1. The van der Waals surface area contributed by atoms with E-state index in [0.717, 1.165) is 28.2 Å². The molecule has 3 rings (SSSR count). The van der Waals surface area contributed by atoms with Gasteiger partial charge in [-0.25, -0.2) is 4.99 Å². The lowest BCUT2D eigenvalue weighted by atomic mass is 10.1. The summed E-state index contributed by atoms with van der Waals surface area (Å²) in [5, 5.41) is 22.4. The molecule has 2 aromatic carbocycles. The lowest BCUT2D eigenvalue weighted by molar-refractivity contribution is -0.384. The minimum Gasteiger partial charge on any atom is -0.395 e. The molecule has 0 saturated carbocycles. The second kappa shape index (κ2) is 8.07. The van der Waals surface area contributed by atoms with Gasteiger partial charge in [0.25, 0.3) is 5.69 Å². The van der Waals surface area contributed by atoms with Crippen LogP contribution in [0.4, 0.5) is 11.4 Å². The summed E-state index contributed by atoms with van der Waals surface area (Å²) < 4.78 is 1.89. The number of aliphatic hydroxyl groups is 1. The summed E-state index contributed by atoms with van der Waals surface area (Å²) in [5.74, 6) is 0. The molecule has 0 amide bonds. The number of nitro benzene ring substituents is 1. The summed E-state index contributed by atoms with van der Waals surface area (Å²) in [6.45, 7) is 2.43. The minimum absolute atomic E-state index is 0.0397. The Morgan fingerprint density at radius 2 is 2.00 bits per heavy atom. The molecule has 0 fully saturated rings. The van der Waals surface area contributed by atoms with Gasteiger partial charge >= 0.3 is 0 Å². The van der Waals surface area contributed by atoms with Crippen molar-refractivity contribution in [2.45, 2.75) is 19.9 Å². The molecule has 26 heavy (non-hydrogen) atoms. The maximum atomic E-state index is 11.0. The average molecular weight is 369 g/mol. The SMILES string of the molecule is CCc1ccc(N=c2scc(-c3cccc([N+](=O)[O-])c3)n2CCO)cc1. The van der Waals surface area contributed by atoms with Crippen molar-refractivity contribution in [3.8, 4) is 11.3 Å². The molecule has 0 aliphatic heterocycles. The van der Waals surface area contributed by atoms with E-state index in [9.17, 15) is 15.2 Å². The zero-order chi connectivity index (χ0) is 18.5. The Kier molecular flexibility index (Phi) is 5.60. The van der Waals surface area contributed by atoms with Gasteiger partial charge in [-0.3, -0.25) is 10.1 Å². The van der Waals surface area contributed by atoms with Crippen LogP contribution in [0, 0.1) is 10.1 Å². The molecular formula is C19H19N3O3S. The van der Waals surface area contributed by atoms with Crippen LogP contribution in [0.5, 0.6) is 0 Å². The van der Waals surface area contributed by atoms with Crippen LogP contribution in [0.1, 0.15) is 12.5 Å². The van der Waals surface area contributed by atoms with E-state index >= 15 is 0 Å². The summed E-state index contributed by atoms with van der Waals surface area (Å²) in [7, 11) is 0. The zero-order valence-corrected chi connectivity index (χ0v) is 15.1. The van der Waals surface area contributed by atoms with E-state index in [-0.39, 0.29) is 12.3 Å². The van der Waals surface area contributed by atoms with Crippen molar-refractivity contribution < 1.29 is 10.0 Å². The van der Waals surface area contributed by atoms with E-state index in [1.165, 1.54) is 29.0 Å². The van der Waals surface area contributed by atoms with Crippen molar-refractivity contribution in [1.29, 1.82) is 0 Å². The van der Waals surface area contributed by atoms with Crippen LogP contribution in [0.15, 0.2) is 58.9 Å². The normalized spacial score (nSPS) is 11.7. The van der Waals surface area contributed by atoms with Crippen molar-refractivity contribution in [3.63, 3.8) is 0 Å². The third kappa shape index (κ3) is 3.89. The highest BCUT2D eigenvalue weighted by molar-refractivity contribution is 7.07. The topological polar surface area (TPSA) is 80.7 Å². The predicted molar refractivity (Wildman–Crippen MR) is 103 cm³/mol. The standard InChI is InChI=1S/C19H19N3O3S/c1-2-14-6-8-16(9-7-14)20-19-21(10-11-23)18(13-26-19)15-4-3-5-17(12-15)22(24)25/h3-9,12-13,23H,2,10-11H2,1H3. The van der Waals surface area contributed by atoms with E-state index in [1.807, 2.05) is 40.3 Å². The fourth-order valence-corrected chi connectivity index (χ4v) is 3.62. The second-order valence-electron chi connectivity index (χ2n) is 5.72. The quantitative estimate of drug-likeness (QED) is 0.528. The predicted octanol–water partition coefficient (Wildman–Crippen LogP) is 3.91. The van der Waals surface area contributed by atoms with Gasteiger partial charge in [0.1, 0.15) is 0 Å². The first-order chi connectivity index (χ1) is 12.6. The Hall–Kier alpha value is -2.77. The van der Waals surface area contributed by atoms with Gasteiger partial charge in [-0.05, 0) is 24.1 Å². The van der Waals surface area contributed by atoms with E-state index in [2.05, 4.69) is 11.9 Å². The molecule has 1 aromatic heterocycles. The number of nitrogens with zero attached hydrogens (tertiary/aromatic N) is 3. The highest BCUT2D eigenvalue weighted by Crippen LogP contribution is 2.25. The first-order valence-electron chi connectivity index (χ1n) is 8.30. The van der Waals surface area contributed by atoms with Gasteiger partial charge in [-0.15, -0.1) is 11.3 Å². The third-order valence-electron chi connectivity index (χ3n) is 4.04. The largest absolute Gasteiger partial charge is 0.395 e.